The monoisotopic (exact) mass is 266 g/mol. The van der Waals surface area contributed by atoms with Gasteiger partial charge in [0.25, 0.3) is 5.69 Å². The van der Waals surface area contributed by atoms with Gasteiger partial charge in [-0.25, -0.2) is 0 Å². The van der Waals surface area contributed by atoms with E-state index in [1.54, 1.807) is 23.9 Å². The summed E-state index contributed by atoms with van der Waals surface area (Å²) < 4.78 is 0.923. The van der Waals surface area contributed by atoms with Gasteiger partial charge in [0.1, 0.15) is 4.32 Å². The van der Waals surface area contributed by atoms with Crippen LogP contribution in [0, 0.1) is 10.1 Å². The summed E-state index contributed by atoms with van der Waals surface area (Å²) in [4.78, 5) is 12.9. The summed E-state index contributed by atoms with van der Waals surface area (Å²) in [6.45, 7) is 0.716. The molecule has 0 saturated carbocycles. The minimum absolute atomic E-state index is 0.255. The van der Waals surface area contributed by atoms with Crippen LogP contribution in [0.2, 0.25) is 0 Å². The van der Waals surface area contributed by atoms with Gasteiger partial charge in [-0.15, -0.1) is 0 Å². The van der Waals surface area contributed by atoms with Crippen LogP contribution in [-0.4, -0.2) is 25.9 Å². The number of fused-ring (bicyclic) bond motifs is 2. The molecule has 0 amide bonds. The van der Waals surface area contributed by atoms with Crippen LogP contribution in [0.5, 0.6) is 0 Å². The van der Waals surface area contributed by atoms with Crippen LogP contribution in [0.15, 0.2) is 18.2 Å². The Morgan fingerprint density at radius 1 is 1.53 bits per heavy atom. The Kier molecular flexibility index (Phi) is 2.56. The van der Waals surface area contributed by atoms with E-state index >= 15 is 0 Å². The molecule has 3 rings (SSSR count). The van der Waals surface area contributed by atoms with E-state index in [0.717, 1.165) is 27.6 Å². The highest BCUT2D eigenvalue weighted by molar-refractivity contribution is 8.23. The Morgan fingerprint density at radius 2 is 2.35 bits per heavy atom. The second-order valence-electron chi connectivity index (χ2n) is 4.23. The molecule has 0 N–H and O–H groups in total. The summed E-state index contributed by atoms with van der Waals surface area (Å²) >= 11 is 6.96. The first-order valence-corrected chi connectivity index (χ1v) is 6.75. The van der Waals surface area contributed by atoms with Gasteiger partial charge in [-0.2, -0.15) is 0 Å². The number of thioether (sulfide) groups is 1. The molecule has 0 aromatic heterocycles. The topological polar surface area (TPSA) is 46.4 Å². The third kappa shape index (κ3) is 1.71. The van der Waals surface area contributed by atoms with Crippen LogP contribution in [-0.2, 0) is 13.0 Å². The molecular weight excluding hydrogens is 256 g/mol. The van der Waals surface area contributed by atoms with Crippen LogP contribution in [0.4, 0.5) is 5.69 Å². The number of nitro groups is 1. The number of thiocarbonyl (C=S) groups is 1. The molecule has 0 radical (unpaired) electrons. The zero-order valence-electron chi connectivity index (χ0n) is 8.96. The lowest BCUT2D eigenvalue weighted by molar-refractivity contribution is -0.385. The van der Waals surface area contributed by atoms with Crippen molar-refractivity contribution in [2.24, 2.45) is 0 Å². The van der Waals surface area contributed by atoms with Crippen LogP contribution in [0.25, 0.3) is 0 Å². The third-order valence-electron chi connectivity index (χ3n) is 3.30. The quantitative estimate of drug-likeness (QED) is 0.443. The Bertz CT molecular complexity index is 518. The van der Waals surface area contributed by atoms with Crippen LogP contribution >= 0.6 is 24.0 Å². The number of nitro benzene ring substituents is 1. The minimum Gasteiger partial charge on any atom is -0.349 e. The van der Waals surface area contributed by atoms with Crippen molar-refractivity contribution < 1.29 is 4.92 Å². The van der Waals surface area contributed by atoms with E-state index in [0.29, 0.717) is 12.6 Å². The average Bonchev–Trinajstić information content (AvgIpc) is 2.67. The highest BCUT2D eigenvalue weighted by atomic mass is 32.2. The lowest BCUT2D eigenvalue weighted by atomic mass is 9.94. The Hall–Kier alpha value is -1.14. The summed E-state index contributed by atoms with van der Waals surface area (Å²) in [7, 11) is 0. The number of benzene rings is 1. The number of hydrogen-bond donors (Lipinski definition) is 0. The van der Waals surface area contributed by atoms with E-state index in [2.05, 4.69) is 4.90 Å². The Morgan fingerprint density at radius 3 is 3.12 bits per heavy atom. The summed E-state index contributed by atoms with van der Waals surface area (Å²) in [5, 5.41) is 11.0. The number of rotatable bonds is 1. The predicted octanol–water partition coefficient (Wildman–Crippen LogP) is 2.35. The first-order chi connectivity index (χ1) is 8.16. The van der Waals surface area contributed by atoms with E-state index in [4.69, 9.17) is 12.2 Å². The first-order valence-electron chi connectivity index (χ1n) is 5.35. The van der Waals surface area contributed by atoms with Crippen molar-refractivity contribution in [3.8, 4) is 0 Å². The van der Waals surface area contributed by atoms with Crippen molar-refractivity contribution in [1.29, 1.82) is 0 Å². The second kappa shape index (κ2) is 3.96. The molecule has 2 heterocycles. The molecule has 0 bridgehead atoms. The highest BCUT2D eigenvalue weighted by Crippen LogP contribution is 2.36. The summed E-state index contributed by atoms with van der Waals surface area (Å²) in [6.07, 6.45) is 0.736. The van der Waals surface area contributed by atoms with Crippen molar-refractivity contribution in [2.45, 2.75) is 19.0 Å². The smallest absolute Gasteiger partial charge is 0.273 e. The molecule has 0 aliphatic carbocycles. The molecule has 0 unspecified atom stereocenters. The molecule has 2 aliphatic rings. The molecule has 2 aliphatic heterocycles. The molecule has 6 heteroatoms. The van der Waals surface area contributed by atoms with Gasteiger partial charge >= 0.3 is 0 Å². The van der Waals surface area contributed by atoms with Gasteiger partial charge in [0.15, 0.2) is 0 Å². The molecule has 4 nitrogen and oxygen atoms in total. The fourth-order valence-electron chi connectivity index (χ4n) is 2.45. The largest absolute Gasteiger partial charge is 0.349 e. The van der Waals surface area contributed by atoms with Crippen LogP contribution in [0.1, 0.15) is 11.1 Å². The molecule has 0 spiro atoms. The van der Waals surface area contributed by atoms with Crippen molar-refractivity contribution in [3.05, 3.63) is 39.4 Å². The second-order valence-corrected chi connectivity index (χ2v) is 5.89. The lowest BCUT2D eigenvalue weighted by Crippen LogP contribution is -2.38. The van der Waals surface area contributed by atoms with Gasteiger partial charge in [-0.3, -0.25) is 10.1 Å². The van der Waals surface area contributed by atoms with Crippen molar-refractivity contribution in [1.82, 2.24) is 4.90 Å². The van der Waals surface area contributed by atoms with Crippen LogP contribution in [0.3, 0.4) is 0 Å². The first kappa shape index (κ1) is 11.0. The molecule has 1 saturated heterocycles. The van der Waals surface area contributed by atoms with Gasteiger partial charge in [-0.05, 0) is 5.56 Å². The van der Waals surface area contributed by atoms with E-state index in [9.17, 15) is 10.1 Å². The van der Waals surface area contributed by atoms with Crippen molar-refractivity contribution in [3.63, 3.8) is 0 Å². The highest BCUT2D eigenvalue weighted by Gasteiger charge is 2.36. The van der Waals surface area contributed by atoms with Crippen molar-refractivity contribution >= 4 is 34.0 Å². The molecule has 1 fully saturated rings. The molecule has 88 valence electrons. The fraction of sp³-hybridized carbons (Fsp3) is 0.364. The van der Waals surface area contributed by atoms with Gasteiger partial charge in [-0.1, -0.05) is 36.1 Å². The maximum atomic E-state index is 11.0. The molecule has 17 heavy (non-hydrogen) atoms. The maximum Gasteiger partial charge on any atom is 0.273 e. The summed E-state index contributed by atoms with van der Waals surface area (Å²) in [5.74, 6) is 0.949. The predicted molar refractivity (Wildman–Crippen MR) is 71.2 cm³/mol. The van der Waals surface area contributed by atoms with Gasteiger partial charge < -0.3 is 4.90 Å². The van der Waals surface area contributed by atoms with Gasteiger partial charge in [0.05, 0.1) is 4.92 Å². The summed E-state index contributed by atoms with van der Waals surface area (Å²) in [5.41, 5.74) is 2.19. The van der Waals surface area contributed by atoms with Crippen LogP contribution < -0.4 is 0 Å². The maximum absolute atomic E-state index is 11.0. The van der Waals surface area contributed by atoms with E-state index in [1.165, 1.54) is 0 Å². The van der Waals surface area contributed by atoms with Crippen molar-refractivity contribution in [2.75, 3.05) is 5.75 Å². The summed E-state index contributed by atoms with van der Waals surface area (Å²) in [6, 6.07) is 5.64. The van der Waals surface area contributed by atoms with E-state index in [1.807, 2.05) is 6.07 Å². The molecular formula is C11H10N2O2S2. The van der Waals surface area contributed by atoms with Gasteiger partial charge in [0.2, 0.25) is 0 Å². The zero-order chi connectivity index (χ0) is 12.0. The fourth-order valence-corrected chi connectivity index (χ4v) is 3.88. The zero-order valence-corrected chi connectivity index (χ0v) is 10.6. The van der Waals surface area contributed by atoms with Gasteiger partial charge in [0, 0.05) is 36.4 Å². The number of hydrogen-bond acceptors (Lipinski definition) is 4. The third-order valence-corrected chi connectivity index (χ3v) is 4.92. The van der Waals surface area contributed by atoms with E-state index in [-0.39, 0.29) is 10.6 Å². The average molecular weight is 266 g/mol. The standard InChI is InChI=1S/C11H10N2O2S2/c14-13(15)10-3-1-2-7-5-12-8(4-9(7)10)6-17-11(12)16/h1-3,8H,4-6H2/t8-/m0/s1. The minimum atomic E-state index is -0.283. The Balaban J connectivity index is 2.05. The number of nitrogens with zero attached hydrogens (tertiary/aromatic N) is 2. The molecule has 1 aromatic carbocycles. The molecule has 1 atom stereocenters. The SMILES string of the molecule is O=[N+]([O-])c1cccc2c1C[C@H]1CSC(=S)N1C2. The lowest BCUT2D eigenvalue weighted by Gasteiger charge is -2.31. The van der Waals surface area contributed by atoms with E-state index < -0.39 is 0 Å². The Labute approximate surface area is 108 Å². The molecule has 1 aromatic rings. The normalized spacial score (nSPS) is 22.2.